The lowest BCUT2D eigenvalue weighted by Crippen LogP contribution is -2.33. The van der Waals surface area contributed by atoms with Gasteiger partial charge in [0.25, 0.3) is 0 Å². The highest BCUT2D eigenvalue weighted by Crippen LogP contribution is 2.49. The van der Waals surface area contributed by atoms with Crippen molar-refractivity contribution in [2.75, 3.05) is 11.9 Å². The second kappa shape index (κ2) is 3.20. The van der Waals surface area contributed by atoms with E-state index in [1.165, 1.54) is 36.3 Å². The lowest BCUT2D eigenvalue weighted by Gasteiger charge is -2.34. The highest BCUT2D eigenvalue weighted by Gasteiger charge is 2.37. The smallest absolute Gasteiger partial charge is 0.0479 e. The number of thioether (sulfide) groups is 1. The molecule has 1 aliphatic heterocycles. The van der Waals surface area contributed by atoms with Crippen molar-refractivity contribution >= 4 is 17.4 Å². The van der Waals surface area contributed by atoms with Gasteiger partial charge in [0.15, 0.2) is 0 Å². The van der Waals surface area contributed by atoms with Crippen molar-refractivity contribution < 1.29 is 0 Å². The molecule has 1 aliphatic carbocycles. The molecule has 1 saturated carbocycles. The van der Waals surface area contributed by atoms with Crippen molar-refractivity contribution in [3.05, 3.63) is 24.3 Å². The summed E-state index contributed by atoms with van der Waals surface area (Å²) in [4.78, 5) is 1.45. The summed E-state index contributed by atoms with van der Waals surface area (Å²) in [6.07, 6.45) is 5.60. The van der Waals surface area contributed by atoms with Crippen LogP contribution in [-0.4, -0.2) is 11.3 Å². The molecule has 1 N–H and O–H groups in total. The molecule has 0 bridgehead atoms. The third-order valence-electron chi connectivity index (χ3n) is 3.33. The fourth-order valence-corrected chi connectivity index (χ4v) is 4.03. The molecular formula is C12H15NS. The Morgan fingerprint density at radius 3 is 2.79 bits per heavy atom. The predicted octanol–water partition coefficient (Wildman–Crippen LogP) is 3.52. The summed E-state index contributed by atoms with van der Waals surface area (Å²) in [5.74, 6) is 0. The molecule has 0 aromatic heterocycles. The zero-order valence-electron chi connectivity index (χ0n) is 8.25. The average Bonchev–Trinajstić information content (AvgIpc) is 2.66. The number of nitrogens with one attached hydrogen (secondary N) is 1. The minimum atomic E-state index is 0.522. The fraction of sp³-hybridized carbons (Fsp3) is 0.500. The zero-order chi connectivity index (χ0) is 9.43. The van der Waals surface area contributed by atoms with E-state index in [4.69, 9.17) is 0 Å². The molecule has 2 aliphatic rings. The molecule has 1 aromatic rings. The van der Waals surface area contributed by atoms with Gasteiger partial charge in [-0.05, 0) is 25.0 Å². The van der Waals surface area contributed by atoms with Crippen molar-refractivity contribution in [2.24, 2.45) is 0 Å². The standard InChI is InChI=1S/C12H15NS/c1-2-6-11-10(5-1)13-9-12(14-11)7-3-4-8-12/h1-2,5-6,13H,3-4,7-9H2. The Kier molecular flexibility index (Phi) is 1.98. The number of fused-ring (bicyclic) bond motifs is 1. The van der Waals surface area contributed by atoms with Crippen LogP contribution >= 0.6 is 11.8 Å². The van der Waals surface area contributed by atoms with Crippen LogP contribution in [0.15, 0.2) is 29.2 Å². The number of rotatable bonds is 0. The van der Waals surface area contributed by atoms with Crippen LogP contribution in [0.3, 0.4) is 0 Å². The summed E-state index contributed by atoms with van der Waals surface area (Å²) in [7, 11) is 0. The number of benzene rings is 1. The highest BCUT2D eigenvalue weighted by atomic mass is 32.2. The van der Waals surface area contributed by atoms with Gasteiger partial charge in [-0.1, -0.05) is 25.0 Å². The molecule has 3 rings (SSSR count). The molecule has 14 heavy (non-hydrogen) atoms. The van der Waals surface area contributed by atoms with E-state index in [0.717, 1.165) is 6.54 Å². The zero-order valence-corrected chi connectivity index (χ0v) is 9.07. The molecule has 0 saturated heterocycles. The Morgan fingerprint density at radius 1 is 1.14 bits per heavy atom. The van der Waals surface area contributed by atoms with E-state index in [1.54, 1.807) is 0 Å². The molecule has 74 valence electrons. The summed E-state index contributed by atoms with van der Waals surface area (Å²) < 4.78 is 0.522. The van der Waals surface area contributed by atoms with E-state index in [0.29, 0.717) is 4.75 Å². The van der Waals surface area contributed by atoms with Crippen LogP contribution in [0.5, 0.6) is 0 Å². The van der Waals surface area contributed by atoms with Gasteiger partial charge in [-0.15, -0.1) is 11.8 Å². The molecule has 0 amide bonds. The Morgan fingerprint density at radius 2 is 1.93 bits per heavy atom. The van der Waals surface area contributed by atoms with Gasteiger partial charge >= 0.3 is 0 Å². The van der Waals surface area contributed by atoms with Gasteiger partial charge in [-0.2, -0.15) is 0 Å². The topological polar surface area (TPSA) is 12.0 Å². The summed E-state index contributed by atoms with van der Waals surface area (Å²) >= 11 is 2.10. The van der Waals surface area contributed by atoms with E-state index in [2.05, 4.69) is 41.3 Å². The molecule has 0 atom stereocenters. The molecule has 0 unspecified atom stereocenters. The minimum absolute atomic E-state index is 0.522. The maximum Gasteiger partial charge on any atom is 0.0479 e. The van der Waals surface area contributed by atoms with Crippen molar-refractivity contribution in [2.45, 2.75) is 35.3 Å². The van der Waals surface area contributed by atoms with Gasteiger partial charge in [0, 0.05) is 21.9 Å². The second-order valence-electron chi connectivity index (χ2n) is 4.34. The normalized spacial score (nSPS) is 23.1. The van der Waals surface area contributed by atoms with E-state index in [1.807, 2.05) is 0 Å². The first kappa shape index (κ1) is 8.66. The van der Waals surface area contributed by atoms with Crippen LogP contribution in [0.2, 0.25) is 0 Å². The summed E-state index contributed by atoms with van der Waals surface area (Å²) in [5, 5.41) is 3.57. The van der Waals surface area contributed by atoms with E-state index in [-0.39, 0.29) is 0 Å². The quantitative estimate of drug-likeness (QED) is 0.695. The first-order valence-electron chi connectivity index (χ1n) is 5.40. The van der Waals surface area contributed by atoms with Crippen molar-refractivity contribution in [1.29, 1.82) is 0 Å². The van der Waals surface area contributed by atoms with E-state index < -0.39 is 0 Å². The van der Waals surface area contributed by atoms with Gasteiger partial charge in [0.1, 0.15) is 0 Å². The van der Waals surface area contributed by atoms with E-state index in [9.17, 15) is 0 Å². The molecule has 2 heteroatoms. The number of hydrogen-bond acceptors (Lipinski definition) is 2. The third-order valence-corrected chi connectivity index (χ3v) is 4.89. The third kappa shape index (κ3) is 1.33. The van der Waals surface area contributed by atoms with Crippen molar-refractivity contribution in [1.82, 2.24) is 0 Å². The average molecular weight is 205 g/mol. The van der Waals surface area contributed by atoms with E-state index >= 15 is 0 Å². The van der Waals surface area contributed by atoms with Gasteiger partial charge in [0.05, 0.1) is 0 Å². The first-order valence-corrected chi connectivity index (χ1v) is 6.22. The Balaban J connectivity index is 1.92. The molecule has 1 nitrogen and oxygen atoms in total. The SMILES string of the molecule is c1ccc2c(c1)NCC1(CCCC1)S2. The van der Waals surface area contributed by atoms with Crippen LogP contribution in [0, 0.1) is 0 Å². The largest absolute Gasteiger partial charge is 0.383 e. The molecular weight excluding hydrogens is 190 g/mol. The number of hydrogen-bond donors (Lipinski definition) is 1. The maximum atomic E-state index is 3.57. The molecule has 1 spiro atoms. The summed E-state index contributed by atoms with van der Waals surface area (Å²) in [6.45, 7) is 1.16. The highest BCUT2D eigenvalue weighted by molar-refractivity contribution is 8.01. The monoisotopic (exact) mass is 205 g/mol. The predicted molar refractivity (Wildman–Crippen MR) is 62.0 cm³/mol. The van der Waals surface area contributed by atoms with Gasteiger partial charge in [-0.3, -0.25) is 0 Å². The Hall–Kier alpha value is -0.630. The van der Waals surface area contributed by atoms with Crippen LogP contribution in [0.1, 0.15) is 25.7 Å². The lowest BCUT2D eigenvalue weighted by atomic mass is 10.1. The molecule has 0 radical (unpaired) electrons. The number of para-hydroxylation sites is 1. The van der Waals surface area contributed by atoms with Crippen molar-refractivity contribution in [3.63, 3.8) is 0 Å². The lowest BCUT2D eigenvalue weighted by molar-refractivity contribution is 0.631. The molecule has 1 aromatic carbocycles. The van der Waals surface area contributed by atoms with Crippen LogP contribution in [0.25, 0.3) is 0 Å². The summed E-state index contributed by atoms with van der Waals surface area (Å²) in [6, 6.07) is 8.68. The fourth-order valence-electron chi connectivity index (χ4n) is 2.53. The Labute approximate surface area is 89.3 Å². The van der Waals surface area contributed by atoms with Crippen LogP contribution in [-0.2, 0) is 0 Å². The van der Waals surface area contributed by atoms with Crippen LogP contribution in [0.4, 0.5) is 5.69 Å². The molecule has 1 fully saturated rings. The number of anilines is 1. The Bertz CT molecular complexity index is 342. The first-order chi connectivity index (χ1) is 6.88. The van der Waals surface area contributed by atoms with Gasteiger partial charge < -0.3 is 5.32 Å². The minimum Gasteiger partial charge on any atom is -0.383 e. The summed E-state index contributed by atoms with van der Waals surface area (Å²) in [5.41, 5.74) is 1.33. The van der Waals surface area contributed by atoms with Crippen molar-refractivity contribution in [3.8, 4) is 0 Å². The maximum absolute atomic E-state index is 3.57. The second-order valence-corrected chi connectivity index (χ2v) is 5.85. The van der Waals surface area contributed by atoms with Gasteiger partial charge in [0.2, 0.25) is 0 Å². The van der Waals surface area contributed by atoms with Crippen LogP contribution < -0.4 is 5.32 Å². The molecule has 1 heterocycles. The van der Waals surface area contributed by atoms with Gasteiger partial charge in [-0.25, -0.2) is 0 Å².